The first-order valence-corrected chi connectivity index (χ1v) is 9.26. The molecular weight excluding hydrogens is 470 g/mol. The van der Waals surface area contributed by atoms with Crippen LogP contribution in [-0.2, 0) is 10.3 Å². The van der Waals surface area contributed by atoms with Crippen LogP contribution in [0.5, 0.6) is 0 Å². The number of carbonyl (C=O) groups is 1. The largest absolute Gasteiger partial charge is 0.452 e. The Bertz CT molecular complexity index is 1080. The highest BCUT2D eigenvalue weighted by molar-refractivity contribution is 6.36. The molecule has 3 N–H and O–H groups in total. The van der Waals surface area contributed by atoms with E-state index in [1.807, 2.05) is 0 Å². The summed E-state index contributed by atoms with van der Waals surface area (Å²) in [5, 5.41) is 2.33. The molecule has 0 saturated carbocycles. The Labute approximate surface area is 182 Å². The molecule has 0 saturated heterocycles. The van der Waals surface area contributed by atoms with Crippen molar-refractivity contribution in [1.82, 2.24) is 4.98 Å². The predicted octanol–water partition coefficient (Wildman–Crippen LogP) is 4.80. The van der Waals surface area contributed by atoms with Crippen molar-refractivity contribution in [2.75, 3.05) is 5.32 Å². The summed E-state index contributed by atoms with van der Waals surface area (Å²) >= 11 is 11.6. The highest BCUT2D eigenvalue weighted by atomic mass is 35.5. The first kappa shape index (κ1) is 23.0. The Morgan fingerprint density at radius 1 is 1.29 bits per heavy atom. The van der Waals surface area contributed by atoms with Crippen LogP contribution < -0.4 is 11.1 Å². The van der Waals surface area contributed by atoms with Gasteiger partial charge in [-0.25, -0.2) is 18.8 Å². The summed E-state index contributed by atoms with van der Waals surface area (Å²) in [6.45, 7) is 1.14. The Balaban J connectivity index is 1.99. The Morgan fingerprint density at radius 3 is 2.58 bits per heavy atom. The van der Waals surface area contributed by atoms with Gasteiger partial charge in [-0.2, -0.15) is 13.2 Å². The molecule has 1 aliphatic heterocycles. The topological polar surface area (TPSA) is 89.6 Å². The van der Waals surface area contributed by atoms with Gasteiger partial charge in [0.05, 0.1) is 15.6 Å². The number of nitrogens with zero attached hydrogens (tertiary/aromatic N) is 2. The lowest BCUT2D eigenvalue weighted by atomic mass is 9.85. The Hall–Kier alpha value is -2.66. The molecule has 0 radical (unpaired) electrons. The lowest BCUT2D eigenvalue weighted by Gasteiger charge is -2.36. The summed E-state index contributed by atoms with van der Waals surface area (Å²) in [7, 11) is 0. The van der Waals surface area contributed by atoms with Crippen molar-refractivity contribution in [3.05, 3.63) is 57.3 Å². The normalized spacial score (nSPS) is 21.3. The van der Waals surface area contributed by atoms with Gasteiger partial charge in [-0.15, -0.1) is 0 Å². The number of amidine groups is 1. The molecule has 1 aliphatic rings. The molecule has 31 heavy (non-hydrogen) atoms. The maximum Gasteiger partial charge on any atom is 0.425 e. The highest BCUT2D eigenvalue weighted by Gasteiger charge is 2.50. The van der Waals surface area contributed by atoms with E-state index in [4.69, 9.17) is 28.9 Å². The minimum atomic E-state index is -4.82. The van der Waals surface area contributed by atoms with E-state index in [1.165, 1.54) is 6.07 Å². The van der Waals surface area contributed by atoms with Gasteiger partial charge in [-0.1, -0.05) is 23.2 Å². The van der Waals surface area contributed by atoms with Gasteiger partial charge in [0.25, 0.3) is 11.9 Å². The highest BCUT2D eigenvalue weighted by Crippen LogP contribution is 2.42. The molecule has 1 aromatic heterocycles. The smallest absolute Gasteiger partial charge is 0.425 e. The summed E-state index contributed by atoms with van der Waals surface area (Å²) in [5.74, 6) is -3.75. The molecule has 0 spiro atoms. The van der Waals surface area contributed by atoms with Crippen LogP contribution in [0.2, 0.25) is 10.0 Å². The van der Waals surface area contributed by atoms with Crippen LogP contribution in [-0.4, -0.2) is 29.2 Å². The van der Waals surface area contributed by atoms with Crippen LogP contribution in [0.3, 0.4) is 0 Å². The molecule has 0 aliphatic carbocycles. The zero-order valence-corrected chi connectivity index (χ0v) is 17.0. The van der Waals surface area contributed by atoms with Crippen molar-refractivity contribution in [3.63, 3.8) is 0 Å². The van der Waals surface area contributed by atoms with Gasteiger partial charge in [-0.05, 0) is 19.1 Å². The fourth-order valence-corrected chi connectivity index (χ4v) is 3.51. The second-order valence-electron chi connectivity index (χ2n) is 6.83. The van der Waals surface area contributed by atoms with Crippen molar-refractivity contribution in [3.8, 4) is 0 Å². The summed E-state index contributed by atoms with van der Waals surface area (Å²) < 4.78 is 72.8. The van der Waals surface area contributed by atoms with E-state index in [9.17, 15) is 26.7 Å². The van der Waals surface area contributed by atoms with Crippen LogP contribution >= 0.6 is 23.2 Å². The molecule has 0 fully saturated rings. The van der Waals surface area contributed by atoms with Gasteiger partial charge in [-0.3, -0.25) is 4.79 Å². The Morgan fingerprint density at radius 2 is 1.97 bits per heavy atom. The maximum absolute atomic E-state index is 14.6. The number of carbonyl (C=O) groups excluding carboxylic acids is 1. The van der Waals surface area contributed by atoms with Crippen LogP contribution in [0.25, 0.3) is 0 Å². The standard InChI is InChI=1S/C18H13Cl2F5N4O2/c1-17(5-12(18(23,24)25)31-16(26)29-17)9-3-8(4-11(21)13(9)22)28-15(30)14-10(20)2-7(19)6-27-14/h2-4,6,12H,5H2,1H3,(H2,26,29)(H,28,30)/t12-,17+/m0/s1. The number of aromatic nitrogens is 1. The number of ether oxygens (including phenoxy) is 1. The first-order chi connectivity index (χ1) is 14.3. The van der Waals surface area contributed by atoms with Crippen molar-refractivity contribution in [2.24, 2.45) is 10.7 Å². The predicted molar refractivity (Wildman–Crippen MR) is 103 cm³/mol. The first-order valence-electron chi connectivity index (χ1n) is 8.51. The van der Waals surface area contributed by atoms with Gasteiger partial charge in [0.1, 0.15) is 5.69 Å². The third-order valence-electron chi connectivity index (χ3n) is 4.46. The minimum Gasteiger partial charge on any atom is -0.452 e. The SMILES string of the molecule is C[C@]1(c2cc(NC(=O)c3ncc(Cl)cc3Cl)cc(F)c2F)C[C@@H](C(F)(F)F)OC(N)=N1. The minimum absolute atomic E-state index is 0.102. The number of amides is 1. The average molecular weight is 483 g/mol. The van der Waals surface area contributed by atoms with Gasteiger partial charge in [0, 0.05) is 29.9 Å². The molecule has 1 amide bonds. The average Bonchev–Trinajstić information content (AvgIpc) is 2.62. The van der Waals surface area contributed by atoms with E-state index >= 15 is 0 Å². The summed E-state index contributed by atoms with van der Waals surface area (Å²) in [6.07, 6.45) is -6.92. The van der Waals surface area contributed by atoms with Crippen molar-refractivity contribution in [2.45, 2.75) is 31.2 Å². The Kier molecular flexibility index (Phi) is 6.03. The third-order valence-corrected chi connectivity index (χ3v) is 4.95. The van der Waals surface area contributed by atoms with Crippen LogP contribution in [0.1, 0.15) is 29.4 Å². The number of rotatable bonds is 3. The van der Waals surface area contributed by atoms with Crippen LogP contribution in [0, 0.1) is 11.6 Å². The quantitative estimate of drug-likeness (QED) is 0.614. The zero-order valence-electron chi connectivity index (χ0n) is 15.5. The van der Waals surface area contributed by atoms with E-state index in [0.717, 1.165) is 19.2 Å². The van der Waals surface area contributed by atoms with Crippen LogP contribution in [0.4, 0.5) is 27.6 Å². The molecule has 0 bridgehead atoms. The maximum atomic E-state index is 14.6. The van der Waals surface area contributed by atoms with E-state index in [2.05, 4.69) is 20.0 Å². The lowest BCUT2D eigenvalue weighted by Crippen LogP contribution is -2.46. The summed E-state index contributed by atoms with van der Waals surface area (Å²) in [5.41, 5.74) is 2.35. The van der Waals surface area contributed by atoms with Crippen LogP contribution in [0.15, 0.2) is 29.4 Å². The second kappa shape index (κ2) is 8.12. The molecule has 3 rings (SSSR count). The number of pyridine rings is 1. The number of nitrogens with two attached hydrogens (primary N) is 1. The number of alkyl halides is 3. The molecule has 2 heterocycles. The number of hydrogen-bond acceptors (Lipinski definition) is 5. The van der Waals surface area contributed by atoms with Gasteiger partial charge in [0.15, 0.2) is 17.7 Å². The molecule has 6 nitrogen and oxygen atoms in total. The van der Waals surface area contributed by atoms with Gasteiger partial charge >= 0.3 is 6.18 Å². The molecular formula is C18H13Cl2F5N4O2. The number of halogens is 7. The number of nitrogens with one attached hydrogen (secondary N) is 1. The van der Waals surface area contributed by atoms with Gasteiger partial charge in [0.2, 0.25) is 0 Å². The van der Waals surface area contributed by atoms with Crippen molar-refractivity contribution < 1.29 is 31.5 Å². The second-order valence-corrected chi connectivity index (χ2v) is 7.68. The molecule has 13 heteroatoms. The third kappa shape index (κ3) is 4.82. The van der Waals surface area contributed by atoms with E-state index < -0.39 is 53.4 Å². The number of anilines is 1. The summed E-state index contributed by atoms with van der Waals surface area (Å²) in [4.78, 5) is 19.9. The summed E-state index contributed by atoms with van der Waals surface area (Å²) in [6, 6.07) is 2.02. The van der Waals surface area contributed by atoms with Crippen molar-refractivity contribution in [1.29, 1.82) is 0 Å². The number of aliphatic imine (C=N–C) groups is 1. The van der Waals surface area contributed by atoms with E-state index in [1.54, 1.807) is 0 Å². The fourth-order valence-electron chi connectivity index (χ4n) is 3.04. The monoisotopic (exact) mass is 482 g/mol. The molecule has 2 atom stereocenters. The molecule has 166 valence electrons. The molecule has 0 unspecified atom stereocenters. The van der Waals surface area contributed by atoms with Crippen molar-refractivity contribution >= 4 is 40.8 Å². The molecule has 1 aromatic carbocycles. The molecule has 2 aromatic rings. The van der Waals surface area contributed by atoms with E-state index in [-0.39, 0.29) is 21.4 Å². The number of hydrogen-bond donors (Lipinski definition) is 2. The lowest BCUT2D eigenvalue weighted by molar-refractivity contribution is -0.208. The van der Waals surface area contributed by atoms with E-state index in [0.29, 0.717) is 6.07 Å². The number of benzene rings is 1. The van der Waals surface area contributed by atoms with Gasteiger partial charge < -0.3 is 15.8 Å². The zero-order chi connectivity index (χ0) is 23.1. The fraction of sp³-hybridized carbons (Fsp3) is 0.278.